The van der Waals surface area contributed by atoms with Crippen LogP contribution >= 0.6 is 35.0 Å². The molecule has 0 spiro atoms. The van der Waals surface area contributed by atoms with Crippen molar-refractivity contribution >= 4 is 46.7 Å². The molecule has 8 nitrogen and oxygen atoms in total. The minimum absolute atomic E-state index is 0.241. The largest absolute Gasteiger partial charge is 0.492 e. The fourth-order valence-corrected chi connectivity index (χ4v) is 3.48. The Balaban J connectivity index is 1.76. The lowest BCUT2D eigenvalue weighted by molar-refractivity contribution is -0.115. The first-order valence-corrected chi connectivity index (χ1v) is 9.92. The van der Waals surface area contributed by atoms with Crippen molar-refractivity contribution in [2.24, 2.45) is 0 Å². The first-order chi connectivity index (χ1) is 13.5. The lowest BCUT2D eigenvalue weighted by Gasteiger charge is -2.13. The second kappa shape index (κ2) is 9.22. The third-order valence-electron chi connectivity index (χ3n) is 3.54. The molecule has 11 heteroatoms. The van der Waals surface area contributed by atoms with Gasteiger partial charge in [-0.05, 0) is 42.5 Å². The molecule has 146 valence electrons. The summed E-state index contributed by atoms with van der Waals surface area (Å²) in [6.45, 7) is 4.14. The Bertz CT molecular complexity index is 984. The maximum absolute atomic E-state index is 12.5. The fraction of sp³-hybridized carbons (Fsp3) is 0.235. The summed E-state index contributed by atoms with van der Waals surface area (Å²) in [5.74, 6) is 0.590. The molecule has 0 aliphatic heterocycles. The van der Waals surface area contributed by atoms with Gasteiger partial charge in [0.25, 0.3) is 0 Å². The van der Waals surface area contributed by atoms with Crippen molar-refractivity contribution in [1.29, 1.82) is 0 Å². The normalized spacial score (nSPS) is 11.9. The quantitative estimate of drug-likeness (QED) is 0.559. The Morgan fingerprint density at radius 2 is 2.14 bits per heavy atom. The highest BCUT2D eigenvalue weighted by atomic mass is 35.5. The number of aromatic nitrogens is 5. The summed E-state index contributed by atoms with van der Waals surface area (Å²) in [7, 11) is 0. The molecule has 2 aromatic heterocycles. The third kappa shape index (κ3) is 4.73. The van der Waals surface area contributed by atoms with E-state index in [1.807, 2.05) is 31.2 Å². The lowest BCUT2D eigenvalue weighted by Crippen LogP contribution is -2.23. The van der Waals surface area contributed by atoms with Gasteiger partial charge < -0.3 is 10.1 Å². The molecule has 1 aromatic carbocycles. The first kappa shape index (κ1) is 20.4. The number of anilines is 1. The molecule has 3 rings (SSSR count). The predicted molar refractivity (Wildman–Crippen MR) is 109 cm³/mol. The second-order valence-corrected chi connectivity index (χ2v) is 7.66. The van der Waals surface area contributed by atoms with Crippen LogP contribution in [0.5, 0.6) is 5.75 Å². The van der Waals surface area contributed by atoms with Crippen LogP contribution in [0.15, 0.2) is 41.7 Å². The molecule has 0 saturated heterocycles. The van der Waals surface area contributed by atoms with Crippen LogP contribution in [0.1, 0.15) is 13.8 Å². The molecule has 1 atom stereocenters. The number of rotatable bonds is 7. The summed E-state index contributed by atoms with van der Waals surface area (Å²) in [5, 5.41) is 15.0. The number of pyridine rings is 1. The molecule has 1 amide bonds. The van der Waals surface area contributed by atoms with Gasteiger partial charge in [0.15, 0.2) is 5.82 Å². The molecular weight excluding hydrogens is 423 g/mol. The molecule has 0 aliphatic carbocycles. The van der Waals surface area contributed by atoms with E-state index in [9.17, 15) is 4.79 Å². The number of thioether (sulfide) groups is 1. The highest BCUT2D eigenvalue weighted by molar-refractivity contribution is 8.00. The van der Waals surface area contributed by atoms with Crippen LogP contribution in [0.3, 0.4) is 0 Å². The maximum Gasteiger partial charge on any atom is 0.238 e. The number of para-hydroxylation sites is 2. The average molecular weight is 439 g/mol. The third-order valence-corrected chi connectivity index (χ3v) is 5.06. The van der Waals surface area contributed by atoms with E-state index in [0.29, 0.717) is 28.2 Å². The number of ether oxygens (including phenoxy) is 1. The molecule has 1 unspecified atom stereocenters. The summed E-state index contributed by atoms with van der Waals surface area (Å²) in [6.07, 6.45) is 1.41. The summed E-state index contributed by atoms with van der Waals surface area (Å²) < 4.78 is 7.17. The second-order valence-electron chi connectivity index (χ2n) is 5.51. The number of amides is 1. The predicted octanol–water partition coefficient (Wildman–Crippen LogP) is 3.88. The number of hydrogen-bond donors (Lipinski definition) is 1. The van der Waals surface area contributed by atoms with Gasteiger partial charge in [-0.3, -0.25) is 4.79 Å². The molecule has 0 aliphatic rings. The van der Waals surface area contributed by atoms with Gasteiger partial charge in [0.2, 0.25) is 11.1 Å². The van der Waals surface area contributed by atoms with E-state index in [2.05, 4.69) is 25.8 Å². The molecule has 28 heavy (non-hydrogen) atoms. The van der Waals surface area contributed by atoms with Gasteiger partial charge in [-0.25, -0.2) is 4.98 Å². The molecule has 0 bridgehead atoms. The van der Waals surface area contributed by atoms with Crippen LogP contribution < -0.4 is 10.1 Å². The highest BCUT2D eigenvalue weighted by Gasteiger charge is 2.21. The number of carbonyl (C=O) groups is 1. The van der Waals surface area contributed by atoms with Crippen molar-refractivity contribution in [3.05, 3.63) is 46.6 Å². The van der Waals surface area contributed by atoms with Gasteiger partial charge in [-0.1, -0.05) is 47.1 Å². The summed E-state index contributed by atoms with van der Waals surface area (Å²) in [6, 6.07) is 8.91. The molecular formula is C17H16Cl2N6O2S. The minimum atomic E-state index is -0.516. The zero-order valence-electron chi connectivity index (χ0n) is 15.0. The molecule has 1 N–H and O–H groups in total. The Kier molecular flexibility index (Phi) is 6.71. The Hall–Kier alpha value is -2.36. The zero-order valence-corrected chi connectivity index (χ0v) is 17.3. The monoisotopic (exact) mass is 438 g/mol. The first-order valence-electron chi connectivity index (χ1n) is 8.28. The smallest absolute Gasteiger partial charge is 0.238 e. The van der Waals surface area contributed by atoms with Crippen molar-refractivity contribution in [2.75, 3.05) is 11.9 Å². The number of nitrogens with zero attached hydrogens (tertiary/aromatic N) is 5. The van der Waals surface area contributed by atoms with Crippen LogP contribution in [-0.2, 0) is 4.79 Å². The summed E-state index contributed by atoms with van der Waals surface area (Å²) in [4.78, 5) is 16.6. The van der Waals surface area contributed by atoms with Crippen molar-refractivity contribution in [3.8, 4) is 11.4 Å². The van der Waals surface area contributed by atoms with Gasteiger partial charge in [-0.15, -0.1) is 5.10 Å². The molecule has 0 saturated carbocycles. The number of hydrogen-bond acceptors (Lipinski definition) is 7. The van der Waals surface area contributed by atoms with Crippen LogP contribution in [0.4, 0.5) is 5.82 Å². The van der Waals surface area contributed by atoms with Crippen molar-refractivity contribution in [1.82, 2.24) is 25.2 Å². The number of halogens is 2. The molecule has 2 heterocycles. The average Bonchev–Trinajstić information content (AvgIpc) is 3.12. The SMILES string of the molecule is CCOc1ccccc1-n1nnnc1SC(C)C(=O)Nc1ncc(Cl)cc1Cl. The van der Waals surface area contributed by atoms with Gasteiger partial charge >= 0.3 is 0 Å². The van der Waals surface area contributed by atoms with Crippen LogP contribution in [0.25, 0.3) is 5.69 Å². The van der Waals surface area contributed by atoms with Crippen LogP contribution in [-0.4, -0.2) is 43.0 Å². The Morgan fingerprint density at radius 3 is 2.89 bits per heavy atom. The van der Waals surface area contributed by atoms with E-state index in [4.69, 9.17) is 27.9 Å². The molecule has 0 radical (unpaired) electrons. The van der Waals surface area contributed by atoms with Crippen molar-refractivity contribution in [3.63, 3.8) is 0 Å². The van der Waals surface area contributed by atoms with Gasteiger partial charge in [0.05, 0.1) is 21.9 Å². The summed E-state index contributed by atoms with van der Waals surface area (Å²) in [5.41, 5.74) is 0.687. The zero-order chi connectivity index (χ0) is 20.1. The van der Waals surface area contributed by atoms with Crippen molar-refractivity contribution < 1.29 is 9.53 Å². The Labute approximate surface area is 175 Å². The highest BCUT2D eigenvalue weighted by Crippen LogP contribution is 2.29. The van der Waals surface area contributed by atoms with Crippen molar-refractivity contribution in [2.45, 2.75) is 24.3 Å². The van der Waals surface area contributed by atoms with Gasteiger partial charge in [0, 0.05) is 6.20 Å². The topological polar surface area (TPSA) is 94.8 Å². The Morgan fingerprint density at radius 1 is 1.36 bits per heavy atom. The van der Waals surface area contributed by atoms with Gasteiger partial charge in [-0.2, -0.15) is 4.68 Å². The van der Waals surface area contributed by atoms with E-state index in [1.54, 1.807) is 6.92 Å². The fourth-order valence-electron chi connectivity index (χ4n) is 2.25. The lowest BCUT2D eigenvalue weighted by atomic mass is 10.3. The van der Waals surface area contributed by atoms with Gasteiger partial charge in [0.1, 0.15) is 11.4 Å². The van der Waals surface area contributed by atoms with E-state index >= 15 is 0 Å². The molecule has 0 fully saturated rings. The van der Waals surface area contributed by atoms with Crippen LogP contribution in [0, 0.1) is 0 Å². The standard InChI is InChI=1S/C17H16Cl2N6O2S/c1-3-27-14-7-5-4-6-13(14)25-17(22-23-24-25)28-10(2)16(26)21-15-12(19)8-11(18)9-20-15/h4-10H,3H2,1-2H3,(H,20,21,26). The number of tetrazole rings is 1. The van der Waals surface area contributed by atoms with Crippen LogP contribution in [0.2, 0.25) is 10.0 Å². The van der Waals surface area contributed by atoms with E-state index < -0.39 is 5.25 Å². The number of carbonyl (C=O) groups excluding carboxylic acids is 1. The van der Waals surface area contributed by atoms with E-state index in [0.717, 1.165) is 0 Å². The number of benzene rings is 1. The maximum atomic E-state index is 12.5. The van der Waals surface area contributed by atoms with E-state index in [-0.39, 0.29) is 16.7 Å². The van der Waals surface area contributed by atoms with E-state index in [1.165, 1.54) is 28.7 Å². The molecule has 3 aromatic rings. The number of nitrogens with one attached hydrogen (secondary N) is 1. The minimum Gasteiger partial charge on any atom is -0.492 e. The summed E-state index contributed by atoms with van der Waals surface area (Å²) >= 11 is 13.1.